The molecule has 0 aliphatic rings. The van der Waals surface area contributed by atoms with E-state index >= 15 is 0 Å². The number of benzene rings is 1. The van der Waals surface area contributed by atoms with Gasteiger partial charge in [0, 0.05) is 0 Å². The van der Waals surface area contributed by atoms with Crippen LogP contribution in [0.4, 0.5) is 0 Å². The molecule has 0 unspecified atom stereocenters. The Kier molecular flexibility index (Phi) is 3.61. The van der Waals surface area contributed by atoms with Gasteiger partial charge < -0.3 is 0 Å². The van der Waals surface area contributed by atoms with E-state index in [9.17, 15) is 0 Å². The average Bonchev–Trinajstić information content (AvgIpc) is 1.99. The van der Waals surface area contributed by atoms with Crippen molar-refractivity contribution in [1.82, 2.24) is 0 Å². The van der Waals surface area contributed by atoms with Crippen molar-refractivity contribution in [3.05, 3.63) is 29.3 Å². The molecule has 0 N–H and O–H groups in total. The third-order valence-electron chi connectivity index (χ3n) is 2.60. The summed E-state index contributed by atoms with van der Waals surface area (Å²) in [4.78, 5) is 0. The van der Waals surface area contributed by atoms with E-state index in [1.54, 1.807) is 0 Å². The molecule has 0 nitrogen and oxygen atoms in total. The van der Waals surface area contributed by atoms with Crippen LogP contribution in [-0.4, -0.2) is 23.0 Å². The zero-order valence-electron chi connectivity index (χ0n) is 10.7. The Hall–Kier alpha value is 0.0382. The van der Waals surface area contributed by atoms with Crippen LogP contribution < -0.4 is 3.51 Å². The summed E-state index contributed by atoms with van der Waals surface area (Å²) in [6.45, 7) is 13.8. The van der Waals surface area contributed by atoms with Crippen molar-refractivity contribution in [2.75, 3.05) is 0 Å². The van der Waals surface area contributed by atoms with Gasteiger partial charge in [-0.2, -0.15) is 0 Å². The predicted molar refractivity (Wildman–Crippen MR) is 69.2 cm³/mol. The molecule has 15 heavy (non-hydrogen) atoms. The van der Waals surface area contributed by atoms with E-state index in [4.69, 9.17) is 0 Å². The van der Waals surface area contributed by atoms with Crippen molar-refractivity contribution in [2.24, 2.45) is 0 Å². The molecule has 82 valence electrons. The Balaban J connectivity index is 3.48. The Morgan fingerprint density at radius 1 is 0.867 bits per heavy atom. The maximum absolute atomic E-state index is 2.30. The predicted octanol–water partition coefficient (Wildman–Crippen LogP) is 3.08. The summed E-state index contributed by atoms with van der Waals surface area (Å²) < 4.78 is 1.46. The Labute approximate surface area is 108 Å². The number of hydrogen-bond donors (Lipinski definition) is 0. The Morgan fingerprint density at radius 3 is 1.73 bits per heavy atom. The van der Waals surface area contributed by atoms with E-state index in [1.807, 2.05) is 23.0 Å². The molecule has 0 atom stereocenters. The van der Waals surface area contributed by atoms with Crippen molar-refractivity contribution >= 4 is 26.5 Å². The van der Waals surface area contributed by atoms with E-state index in [1.165, 1.54) is 14.6 Å². The molecule has 0 aliphatic heterocycles. The van der Waals surface area contributed by atoms with Crippen LogP contribution in [0.15, 0.2) is 18.2 Å². The first-order valence-electron chi connectivity index (χ1n) is 5.47. The minimum absolute atomic E-state index is 0.239. The van der Waals surface area contributed by atoms with Crippen LogP contribution >= 0.6 is 0 Å². The van der Waals surface area contributed by atoms with Gasteiger partial charge in [-0.25, -0.2) is 0 Å². The van der Waals surface area contributed by atoms with Crippen molar-refractivity contribution in [3.63, 3.8) is 0 Å². The number of rotatable bonds is 0. The molecule has 0 heterocycles. The summed E-state index contributed by atoms with van der Waals surface area (Å²) in [5.74, 6) is 0. The van der Waals surface area contributed by atoms with Crippen LogP contribution in [0.25, 0.3) is 0 Å². The Morgan fingerprint density at radius 2 is 1.40 bits per heavy atom. The van der Waals surface area contributed by atoms with Gasteiger partial charge in [0.15, 0.2) is 0 Å². The second kappa shape index (κ2) is 4.13. The number of hydrogen-bond acceptors (Lipinski definition) is 0. The molecule has 0 saturated heterocycles. The van der Waals surface area contributed by atoms with Gasteiger partial charge in [-0.05, 0) is 0 Å². The molecule has 0 aromatic heterocycles. The van der Waals surface area contributed by atoms with Crippen LogP contribution in [-0.2, 0) is 10.8 Å². The van der Waals surface area contributed by atoms with Crippen LogP contribution in [0, 0.1) is 0 Å². The van der Waals surface area contributed by atoms with Crippen molar-refractivity contribution in [2.45, 2.75) is 52.4 Å². The zero-order valence-corrected chi connectivity index (χ0v) is 13.2. The van der Waals surface area contributed by atoms with Crippen LogP contribution in [0.5, 0.6) is 0 Å². The van der Waals surface area contributed by atoms with Gasteiger partial charge in [-0.3, -0.25) is 0 Å². The van der Waals surface area contributed by atoms with Crippen LogP contribution in [0.1, 0.15) is 52.7 Å². The summed E-state index contributed by atoms with van der Waals surface area (Å²) in [5.41, 5.74) is 3.51. The monoisotopic (exact) mass is 310 g/mol. The van der Waals surface area contributed by atoms with Gasteiger partial charge in [0.25, 0.3) is 0 Å². The second-order valence-corrected chi connectivity index (χ2v) is 7.57. The third kappa shape index (κ3) is 3.00. The second-order valence-electron chi connectivity index (χ2n) is 6.20. The van der Waals surface area contributed by atoms with Gasteiger partial charge in [-0.15, -0.1) is 0 Å². The minimum atomic E-state index is 0.239. The molecule has 1 aromatic rings. The molecule has 2 radical (unpaired) electrons. The first-order valence-corrected chi connectivity index (χ1v) is 6.74. The molecular formula is C14H21Sb. The molecule has 1 aromatic carbocycles. The van der Waals surface area contributed by atoms with Gasteiger partial charge in [-0.1, -0.05) is 0 Å². The summed E-state index contributed by atoms with van der Waals surface area (Å²) in [6.07, 6.45) is 0. The quantitative estimate of drug-likeness (QED) is 0.646. The van der Waals surface area contributed by atoms with Crippen LogP contribution in [0.3, 0.4) is 0 Å². The van der Waals surface area contributed by atoms with E-state index in [-0.39, 0.29) is 10.8 Å². The fourth-order valence-corrected chi connectivity index (χ4v) is 3.50. The Bertz CT molecular complexity index is 351. The van der Waals surface area contributed by atoms with E-state index in [0.717, 1.165) is 0 Å². The van der Waals surface area contributed by atoms with Gasteiger partial charge in [0.2, 0.25) is 0 Å². The first-order chi connectivity index (χ1) is 6.64. The molecule has 0 fully saturated rings. The molecule has 0 bridgehead atoms. The molecule has 1 heteroatoms. The average molecular weight is 311 g/mol. The third-order valence-corrected chi connectivity index (χ3v) is 3.66. The normalized spacial score (nSPS) is 13.0. The van der Waals surface area contributed by atoms with Gasteiger partial charge in [0.1, 0.15) is 0 Å². The van der Waals surface area contributed by atoms with Gasteiger partial charge >= 0.3 is 108 Å². The van der Waals surface area contributed by atoms with Crippen molar-refractivity contribution in [1.29, 1.82) is 0 Å². The maximum atomic E-state index is 2.30. The van der Waals surface area contributed by atoms with Gasteiger partial charge in [0.05, 0.1) is 0 Å². The molecule has 1 rings (SSSR count). The SMILES string of the molecule is CC(C)(C)c1ccc[c]([Sb])c1C(C)(C)C. The fraction of sp³-hybridized carbons (Fsp3) is 0.571. The molecule has 0 amide bonds. The van der Waals surface area contributed by atoms with Crippen LogP contribution in [0.2, 0.25) is 0 Å². The standard InChI is InChI=1S/C14H21.Sb/c1-13(2,3)11-9-7-8-10-12(11)14(4,5)6;/h7-9H,1-6H3;. The summed E-state index contributed by atoms with van der Waals surface area (Å²) in [5, 5.41) is 0. The molecule has 0 aliphatic carbocycles. The molecule has 0 spiro atoms. The summed E-state index contributed by atoms with van der Waals surface area (Å²) >= 11 is 1.83. The van der Waals surface area contributed by atoms with Crippen molar-refractivity contribution in [3.8, 4) is 0 Å². The zero-order chi connectivity index (χ0) is 11.9. The summed E-state index contributed by atoms with van der Waals surface area (Å²) in [6, 6.07) is 6.70. The van der Waals surface area contributed by atoms with E-state index < -0.39 is 0 Å². The van der Waals surface area contributed by atoms with E-state index in [2.05, 4.69) is 59.7 Å². The molecular weight excluding hydrogens is 290 g/mol. The summed E-state index contributed by atoms with van der Waals surface area (Å²) in [7, 11) is 0. The van der Waals surface area contributed by atoms with Crippen molar-refractivity contribution < 1.29 is 0 Å². The fourth-order valence-electron chi connectivity index (χ4n) is 1.95. The first kappa shape index (κ1) is 13.1. The van der Waals surface area contributed by atoms with E-state index in [0.29, 0.717) is 0 Å². The molecule has 0 saturated carbocycles. The topological polar surface area (TPSA) is 0 Å².